The van der Waals surface area contributed by atoms with Crippen molar-refractivity contribution in [1.29, 1.82) is 0 Å². The fraction of sp³-hybridized carbons (Fsp3) is 0.125. The molecule has 2 N–H and O–H groups in total. The minimum Gasteiger partial charge on any atom is -0.380 e. The number of pyridine rings is 1. The fourth-order valence-corrected chi connectivity index (χ4v) is 0.740. The van der Waals surface area contributed by atoms with Gasteiger partial charge >= 0.3 is 5.97 Å². The first-order valence-electron chi connectivity index (χ1n) is 3.73. The van der Waals surface area contributed by atoms with Crippen LogP contribution in [0.4, 0.5) is 0 Å². The molecule has 74 valence electrons. The molecule has 0 fully saturated rings. The fourth-order valence-electron chi connectivity index (χ4n) is 0.691. The van der Waals surface area contributed by atoms with E-state index in [-0.39, 0.29) is 11.7 Å². The number of nitrogens with zero attached hydrogens (tertiary/aromatic N) is 2. The van der Waals surface area contributed by atoms with Crippen LogP contribution in [0.3, 0.4) is 0 Å². The normalized spacial score (nSPS) is 11.1. The van der Waals surface area contributed by atoms with E-state index in [1.807, 2.05) is 0 Å². The SMILES string of the molecule is NC(=NOC(=O)CCl)c1cccnc1. The molecule has 0 saturated carbocycles. The van der Waals surface area contributed by atoms with Crippen molar-refractivity contribution in [2.45, 2.75) is 0 Å². The summed E-state index contributed by atoms with van der Waals surface area (Å²) < 4.78 is 0. The van der Waals surface area contributed by atoms with E-state index in [4.69, 9.17) is 17.3 Å². The molecule has 0 amide bonds. The molecule has 1 rings (SSSR count). The smallest absolute Gasteiger partial charge is 0.349 e. The molecule has 0 radical (unpaired) electrons. The van der Waals surface area contributed by atoms with E-state index in [9.17, 15) is 4.79 Å². The number of halogens is 1. The van der Waals surface area contributed by atoms with Gasteiger partial charge in [-0.05, 0) is 12.1 Å². The van der Waals surface area contributed by atoms with Gasteiger partial charge in [-0.1, -0.05) is 5.16 Å². The minimum atomic E-state index is -0.654. The number of carbonyl (C=O) groups is 1. The Kier molecular flexibility index (Phi) is 3.87. The topological polar surface area (TPSA) is 77.6 Å². The zero-order chi connectivity index (χ0) is 10.4. The van der Waals surface area contributed by atoms with E-state index in [0.717, 1.165) is 0 Å². The molecule has 1 aromatic rings. The number of amidine groups is 1. The summed E-state index contributed by atoms with van der Waals surface area (Å²) in [5.74, 6) is -0.834. The van der Waals surface area contributed by atoms with E-state index >= 15 is 0 Å². The predicted octanol–water partition coefficient (Wildman–Crippen LogP) is 0.484. The number of alkyl halides is 1. The molecule has 14 heavy (non-hydrogen) atoms. The summed E-state index contributed by atoms with van der Waals surface area (Å²) in [5, 5.41) is 3.39. The number of rotatable bonds is 3. The Bertz CT molecular complexity index is 340. The molecule has 6 heteroatoms. The minimum absolute atomic E-state index is 0.0802. The first-order chi connectivity index (χ1) is 6.74. The van der Waals surface area contributed by atoms with Crippen molar-refractivity contribution in [1.82, 2.24) is 4.98 Å². The van der Waals surface area contributed by atoms with Crippen LogP contribution < -0.4 is 5.73 Å². The molecule has 0 aliphatic rings. The van der Waals surface area contributed by atoms with Crippen molar-refractivity contribution in [3.8, 4) is 0 Å². The third kappa shape index (κ3) is 3.02. The van der Waals surface area contributed by atoms with E-state index in [1.54, 1.807) is 18.3 Å². The van der Waals surface area contributed by atoms with Crippen LogP contribution in [0.25, 0.3) is 0 Å². The number of oxime groups is 1. The molecule has 0 spiro atoms. The zero-order valence-corrected chi connectivity index (χ0v) is 7.94. The molecule has 0 saturated heterocycles. The van der Waals surface area contributed by atoms with E-state index in [2.05, 4.69) is 15.0 Å². The first-order valence-corrected chi connectivity index (χ1v) is 4.27. The average molecular weight is 214 g/mol. The third-order valence-corrected chi connectivity index (χ3v) is 1.53. The monoisotopic (exact) mass is 213 g/mol. The molecular weight excluding hydrogens is 206 g/mol. The molecule has 0 aromatic carbocycles. The Morgan fingerprint density at radius 2 is 2.50 bits per heavy atom. The van der Waals surface area contributed by atoms with Gasteiger partial charge in [0.1, 0.15) is 5.88 Å². The number of hydrogen-bond donors (Lipinski definition) is 1. The van der Waals surface area contributed by atoms with Gasteiger partial charge in [-0.2, -0.15) is 0 Å². The van der Waals surface area contributed by atoms with Crippen LogP contribution >= 0.6 is 11.6 Å². The summed E-state index contributed by atoms with van der Waals surface area (Å²) in [7, 11) is 0. The Morgan fingerprint density at radius 1 is 1.71 bits per heavy atom. The van der Waals surface area contributed by atoms with Crippen molar-refractivity contribution < 1.29 is 9.63 Å². The molecule has 0 aliphatic carbocycles. The summed E-state index contributed by atoms with van der Waals surface area (Å²) in [5.41, 5.74) is 6.07. The summed E-state index contributed by atoms with van der Waals surface area (Å²) in [6.07, 6.45) is 3.11. The third-order valence-electron chi connectivity index (χ3n) is 1.31. The Hall–Kier alpha value is -1.62. The van der Waals surface area contributed by atoms with Gasteiger partial charge < -0.3 is 10.6 Å². The van der Waals surface area contributed by atoms with Gasteiger partial charge in [-0.15, -0.1) is 11.6 Å². The Balaban J connectivity index is 2.66. The zero-order valence-electron chi connectivity index (χ0n) is 7.18. The van der Waals surface area contributed by atoms with Crippen LogP contribution in [0.5, 0.6) is 0 Å². The number of hydrogen-bond acceptors (Lipinski definition) is 4. The van der Waals surface area contributed by atoms with Crippen molar-refractivity contribution in [3.63, 3.8) is 0 Å². The van der Waals surface area contributed by atoms with E-state index < -0.39 is 5.97 Å². The lowest BCUT2D eigenvalue weighted by Gasteiger charge is -1.98. The second-order valence-corrected chi connectivity index (χ2v) is 2.58. The number of nitrogens with two attached hydrogens (primary N) is 1. The molecular formula is C8H8ClN3O2. The summed E-state index contributed by atoms with van der Waals surface area (Å²) in [4.78, 5) is 18.8. The maximum absolute atomic E-state index is 10.6. The molecule has 0 atom stereocenters. The summed E-state index contributed by atoms with van der Waals surface area (Å²) in [6.45, 7) is 0. The lowest BCUT2D eigenvalue weighted by molar-refractivity contribution is -0.140. The highest BCUT2D eigenvalue weighted by Crippen LogP contribution is 1.95. The summed E-state index contributed by atoms with van der Waals surface area (Å²) >= 11 is 5.18. The van der Waals surface area contributed by atoms with Gasteiger partial charge in [-0.25, -0.2) is 4.79 Å². The van der Waals surface area contributed by atoms with Crippen LogP contribution in [-0.4, -0.2) is 22.7 Å². The van der Waals surface area contributed by atoms with Gasteiger partial charge in [0.15, 0.2) is 5.84 Å². The first kappa shape index (κ1) is 10.5. The highest BCUT2D eigenvalue weighted by atomic mass is 35.5. The van der Waals surface area contributed by atoms with Crippen molar-refractivity contribution in [2.75, 3.05) is 5.88 Å². The average Bonchev–Trinajstić information content (AvgIpc) is 2.26. The predicted molar refractivity (Wildman–Crippen MR) is 51.8 cm³/mol. The van der Waals surface area contributed by atoms with Gasteiger partial charge in [0.2, 0.25) is 0 Å². The van der Waals surface area contributed by atoms with Crippen LogP contribution in [0.2, 0.25) is 0 Å². The second-order valence-electron chi connectivity index (χ2n) is 2.32. The van der Waals surface area contributed by atoms with Crippen molar-refractivity contribution in [2.24, 2.45) is 10.9 Å². The second kappa shape index (κ2) is 5.18. The van der Waals surface area contributed by atoms with Gasteiger partial charge in [-0.3, -0.25) is 4.98 Å². The van der Waals surface area contributed by atoms with Crippen LogP contribution in [0, 0.1) is 0 Å². The Labute approximate surface area is 85.5 Å². The number of aromatic nitrogens is 1. The molecule has 1 heterocycles. The maximum Gasteiger partial charge on any atom is 0.349 e. The van der Waals surface area contributed by atoms with E-state index in [0.29, 0.717) is 5.56 Å². The van der Waals surface area contributed by atoms with Crippen molar-refractivity contribution in [3.05, 3.63) is 30.1 Å². The van der Waals surface area contributed by atoms with Crippen molar-refractivity contribution >= 4 is 23.4 Å². The van der Waals surface area contributed by atoms with Crippen LogP contribution in [0.15, 0.2) is 29.7 Å². The largest absolute Gasteiger partial charge is 0.380 e. The maximum atomic E-state index is 10.6. The standard InChI is InChI=1S/C8H8ClN3O2/c9-4-7(13)14-12-8(10)6-2-1-3-11-5-6/h1-3,5H,4H2,(H2,10,12). The molecule has 1 aromatic heterocycles. The molecule has 0 unspecified atom stereocenters. The molecule has 5 nitrogen and oxygen atoms in total. The Morgan fingerprint density at radius 3 is 3.07 bits per heavy atom. The van der Waals surface area contributed by atoms with Gasteiger partial charge in [0.05, 0.1) is 0 Å². The quantitative estimate of drug-likeness (QED) is 0.261. The van der Waals surface area contributed by atoms with Crippen LogP contribution in [-0.2, 0) is 9.63 Å². The van der Waals surface area contributed by atoms with Gasteiger partial charge in [0, 0.05) is 18.0 Å². The summed E-state index contributed by atoms with van der Waals surface area (Å²) in [6, 6.07) is 3.39. The number of carbonyl (C=O) groups excluding carboxylic acids is 1. The highest BCUT2D eigenvalue weighted by molar-refractivity contribution is 6.26. The molecule has 0 aliphatic heterocycles. The van der Waals surface area contributed by atoms with Gasteiger partial charge in [0.25, 0.3) is 0 Å². The molecule has 0 bridgehead atoms. The van der Waals surface area contributed by atoms with Crippen LogP contribution in [0.1, 0.15) is 5.56 Å². The lowest BCUT2D eigenvalue weighted by Crippen LogP contribution is -2.15. The highest BCUT2D eigenvalue weighted by Gasteiger charge is 2.01. The van der Waals surface area contributed by atoms with E-state index in [1.165, 1.54) is 6.20 Å². The lowest BCUT2D eigenvalue weighted by atomic mass is 10.3.